The summed E-state index contributed by atoms with van der Waals surface area (Å²) in [6.07, 6.45) is -0.234. The summed E-state index contributed by atoms with van der Waals surface area (Å²) in [6, 6.07) is 1.34. The van der Waals surface area contributed by atoms with Crippen molar-refractivity contribution >= 4 is 34.5 Å². The van der Waals surface area contributed by atoms with Crippen LogP contribution in [0.1, 0.15) is 19.0 Å². The van der Waals surface area contributed by atoms with Crippen LogP contribution in [0.15, 0.2) is 17.1 Å². The van der Waals surface area contributed by atoms with Crippen LogP contribution in [-0.4, -0.2) is 68.2 Å². The third kappa shape index (κ3) is 5.82. The maximum Gasteiger partial charge on any atom is 0.490 e. The minimum absolute atomic E-state index is 0.0262. The molecule has 17 nitrogen and oxygen atoms in total. The van der Waals surface area contributed by atoms with Crippen molar-refractivity contribution in [3.05, 3.63) is 28.4 Å². The number of aryl methyl sites for hydroxylation is 1. The predicted molar refractivity (Wildman–Crippen MR) is 113 cm³/mol. The molecule has 1 aliphatic heterocycles. The second kappa shape index (κ2) is 9.29. The molecular formula is C15H20N3O14P3. The molecule has 1 fully saturated rings. The van der Waals surface area contributed by atoms with E-state index in [1.54, 1.807) is 0 Å². The van der Waals surface area contributed by atoms with Gasteiger partial charge in [0.15, 0.2) is 11.8 Å². The lowest BCUT2D eigenvalue weighted by Gasteiger charge is -2.27. The number of nitrogens with zero attached hydrogens (tertiary/aromatic N) is 2. The summed E-state index contributed by atoms with van der Waals surface area (Å²) in [5, 5.41) is 21.7. The Morgan fingerprint density at radius 2 is 1.89 bits per heavy atom. The maximum atomic E-state index is 12.2. The summed E-state index contributed by atoms with van der Waals surface area (Å²) in [7, 11) is -17.0. The molecule has 7 atom stereocenters. The first-order valence-corrected chi connectivity index (χ1v) is 13.8. The first-order valence-electron chi connectivity index (χ1n) is 9.32. The van der Waals surface area contributed by atoms with Gasteiger partial charge in [0.2, 0.25) is 0 Å². The third-order valence-electron chi connectivity index (χ3n) is 4.79. The van der Waals surface area contributed by atoms with Gasteiger partial charge in [-0.3, -0.25) is 9.32 Å². The molecule has 0 amide bonds. The highest BCUT2D eigenvalue weighted by molar-refractivity contribution is 7.66. The number of hydrogen-bond acceptors (Lipinski definition) is 11. The highest BCUT2D eigenvalue weighted by atomic mass is 31.3. The Morgan fingerprint density at radius 1 is 1.26 bits per heavy atom. The number of H-pyrrole nitrogens is 1. The second-order valence-electron chi connectivity index (χ2n) is 7.38. The number of aliphatic hydroxyl groups is 2. The van der Waals surface area contributed by atoms with Gasteiger partial charge in [0, 0.05) is 6.20 Å². The molecule has 3 rings (SSSR count). The number of hydrogen-bond donors (Lipinski definition) is 7. The summed E-state index contributed by atoms with van der Waals surface area (Å²) >= 11 is 0. The van der Waals surface area contributed by atoms with Crippen LogP contribution in [0, 0.1) is 19.3 Å². The molecule has 35 heavy (non-hydrogen) atoms. The monoisotopic (exact) mass is 559 g/mol. The van der Waals surface area contributed by atoms with Crippen LogP contribution in [0.3, 0.4) is 0 Å². The van der Waals surface area contributed by atoms with Crippen LogP contribution in [0.2, 0.25) is 0 Å². The topological polar surface area (TPSA) is 260 Å². The molecule has 3 heterocycles. The van der Waals surface area contributed by atoms with Crippen molar-refractivity contribution in [2.24, 2.45) is 0 Å². The van der Waals surface area contributed by atoms with Gasteiger partial charge in [-0.1, -0.05) is 5.92 Å². The fourth-order valence-electron chi connectivity index (χ4n) is 3.44. The molecule has 194 valence electrons. The molecular weight excluding hydrogens is 539 g/mol. The lowest BCUT2D eigenvalue weighted by Crippen LogP contribution is -2.47. The number of fused-ring (bicyclic) bond motifs is 1. The van der Waals surface area contributed by atoms with Crippen LogP contribution in [0.5, 0.6) is 0 Å². The SMILES string of the molecule is C#CC1(O)[C@@H](O)[C@@H]([C@@H](C)OP(=O)(O)OP(=O)(O)OP(=O)(O)O)O[C@H]1n1ccc2c(=O)[nH]c(C)nc21. The van der Waals surface area contributed by atoms with Gasteiger partial charge in [0.25, 0.3) is 5.56 Å². The van der Waals surface area contributed by atoms with Crippen LogP contribution in [0.4, 0.5) is 0 Å². The highest BCUT2D eigenvalue weighted by Gasteiger charge is 2.58. The molecule has 0 aliphatic carbocycles. The van der Waals surface area contributed by atoms with Gasteiger partial charge in [0.1, 0.15) is 23.7 Å². The normalized spacial score (nSPS) is 29.4. The summed E-state index contributed by atoms with van der Waals surface area (Å²) in [5.74, 6) is 2.18. The molecule has 3 unspecified atom stereocenters. The molecule has 0 radical (unpaired) electrons. The zero-order valence-electron chi connectivity index (χ0n) is 17.7. The lowest BCUT2D eigenvalue weighted by molar-refractivity contribution is -0.0829. The number of aliphatic hydroxyl groups excluding tert-OH is 1. The number of phosphoric acid groups is 3. The Hall–Kier alpha value is -1.73. The van der Waals surface area contributed by atoms with Gasteiger partial charge in [-0.25, -0.2) is 18.7 Å². The number of terminal acetylenes is 1. The Morgan fingerprint density at radius 3 is 2.46 bits per heavy atom. The minimum Gasteiger partial charge on any atom is -0.386 e. The minimum atomic E-state index is -5.79. The Labute approximate surface area is 195 Å². The molecule has 7 N–H and O–H groups in total. The summed E-state index contributed by atoms with van der Waals surface area (Å²) < 4.78 is 53.1. The van der Waals surface area contributed by atoms with Crippen molar-refractivity contribution in [3.8, 4) is 12.3 Å². The second-order valence-corrected chi connectivity index (χ2v) is 11.8. The molecule has 2 aromatic heterocycles. The Kier molecular flexibility index (Phi) is 7.39. The fraction of sp³-hybridized carbons (Fsp3) is 0.467. The van der Waals surface area contributed by atoms with Crippen molar-refractivity contribution in [1.29, 1.82) is 0 Å². The third-order valence-corrected chi connectivity index (χ3v) is 8.71. The standard InChI is InChI=1S/C15H20N3O14P3/c1-4-15(21)11(19)10(7(2)30-34(25,26)32-35(27,28)31-33(22,23)24)29-14(15)18-6-5-9-12(18)16-8(3)17-13(9)20/h1,5-7,10-11,14,19,21H,2-3H3,(H,25,26)(H,27,28)(H,16,17,20)(H2,22,23,24)/t7-,10-,11+,14-,15?/m1/s1. The van der Waals surface area contributed by atoms with Gasteiger partial charge in [0.05, 0.1) is 11.5 Å². The first-order chi connectivity index (χ1) is 15.9. The highest BCUT2D eigenvalue weighted by Crippen LogP contribution is 2.66. The molecule has 0 saturated carbocycles. The first kappa shape index (κ1) is 27.9. The van der Waals surface area contributed by atoms with Crippen molar-refractivity contribution in [2.45, 2.75) is 44.0 Å². The van der Waals surface area contributed by atoms with Crippen LogP contribution in [0.25, 0.3) is 11.0 Å². The quantitative estimate of drug-likeness (QED) is 0.157. The van der Waals surface area contributed by atoms with E-state index >= 15 is 0 Å². The van der Waals surface area contributed by atoms with Crippen molar-refractivity contribution in [3.63, 3.8) is 0 Å². The van der Waals surface area contributed by atoms with E-state index in [1.165, 1.54) is 19.2 Å². The maximum absolute atomic E-state index is 12.2. The van der Waals surface area contributed by atoms with Crippen LogP contribution < -0.4 is 5.56 Å². The van der Waals surface area contributed by atoms with Gasteiger partial charge in [-0.05, 0) is 19.9 Å². The van der Waals surface area contributed by atoms with E-state index in [1.807, 2.05) is 5.92 Å². The number of aromatic nitrogens is 3. The Bertz CT molecular complexity index is 1380. The van der Waals surface area contributed by atoms with Crippen molar-refractivity contribution in [2.75, 3.05) is 0 Å². The molecule has 1 saturated heterocycles. The zero-order valence-corrected chi connectivity index (χ0v) is 20.4. The number of nitrogens with one attached hydrogen (secondary N) is 1. The number of aromatic amines is 1. The summed E-state index contributed by atoms with van der Waals surface area (Å²) in [4.78, 5) is 55.0. The number of phosphoric ester groups is 1. The molecule has 20 heteroatoms. The largest absolute Gasteiger partial charge is 0.490 e. The van der Waals surface area contributed by atoms with E-state index in [2.05, 4.69) is 23.1 Å². The van der Waals surface area contributed by atoms with Crippen molar-refractivity contribution < 1.29 is 61.4 Å². The van der Waals surface area contributed by atoms with E-state index in [0.29, 0.717) is 0 Å². The summed E-state index contributed by atoms with van der Waals surface area (Å²) in [5.41, 5.74) is -2.97. The van der Waals surface area contributed by atoms with E-state index < -0.39 is 59.2 Å². The van der Waals surface area contributed by atoms with E-state index in [4.69, 9.17) is 20.9 Å². The van der Waals surface area contributed by atoms with E-state index in [-0.39, 0.29) is 16.9 Å². The van der Waals surface area contributed by atoms with Crippen molar-refractivity contribution in [1.82, 2.24) is 14.5 Å². The van der Waals surface area contributed by atoms with Gasteiger partial charge in [-0.2, -0.15) is 8.62 Å². The molecule has 2 aromatic rings. The predicted octanol–water partition coefficient (Wildman–Crippen LogP) is -0.613. The molecule has 0 aromatic carbocycles. The lowest BCUT2D eigenvalue weighted by atomic mass is 9.93. The molecule has 0 spiro atoms. The van der Waals surface area contributed by atoms with Crippen LogP contribution >= 0.6 is 23.5 Å². The average Bonchev–Trinajstić information content (AvgIpc) is 3.18. The number of ether oxygens (including phenoxy) is 1. The molecule has 0 bridgehead atoms. The van der Waals surface area contributed by atoms with Gasteiger partial charge >= 0.3 is 23.5 Å². The van der Waals surface area contributed by atoms with Crippen LogP contribution in [-0.2, 0) is 31.6 Å². The smallest absolute Gasteiger partial charge is 0.386 e. The number of rotatable bonds is 8. The van der Waals surface area contributed by atoms with E-state index in [0.717, 1.165) is 11.5 Å². The average molecular weight is 559 g/mol. The van der Waals surface area contributed by atoms with E-state index in [9.17, 15) is 38.5 Å². The van der Waals surface area contributed by atoms with Gasteiger partial charge < -0.3 is 44.1 Å². The van der Waals surface area contributed by atoms with Gasteiger partial charge in [-0.15, -0.1) is 6.42 Å². The summed E-state index contributed by atoms with van der Waals surface area (Å²) in [6.45, 7) is 2.52. The fourth-order valence-corrected chi connectivity index (χ4v) is 6.64. The Balaban J connectivity index is 1.89. The zero-order chi connectivity index (χ0) is 26.6. The molecule has 1 aliphatic rings.